The Bertz CT molecular complexity index is 314. The molecule has 0 amide bonds. The van der Waals surface area contributed by atoms with Gasteiger partial charge in [-0.2, -0.15) is 0 Å². The first-order chi connectivity index (χ1) is 7.15. The van der Waals surface area contributed by atoms with Crippen molar-refractivity contribution in [3.8, 4) is 0 Å². The van der Waals surface area contributed by atoms with Crippen molar-refractivity contribution in [3.05, 3.63) is 34.6 Å². The maximum absolute atomic E-state index is 13.4. The van der Waals surface area contributed by atoms with Crippen LogP contribution < -0.4 is 5.73 Å². The van der Waals surface area contributed by atoms with E-state index in [4.69, 9.17) is 17.3 Å². The molecule has 84 valence electrons. The molecule has 0 aliphatic rings. The summed E-state index contributed by atoms with van der Waals surface area (Å²) in [5, 5.41) is 0.539. The van der Waals surface area contributed by atoms with Crippen LogP contribution in [0.5, 0.6) is 0 Å². The van der Waals surface area contributed by atoms with Crippen LogP contribution in [0.25, 0.3) is 0 Å². The van der Waals surface area contributed by atoms with E-state index < -0.39 is 0 Å². The highest BCUT2D eigenvalue weighted by molar-refractivity contribution is 6.30. The molecule has 15 heavy (non-hydrogen) atoms. The van der Waals surface area contributed by atoms with Crippen molar-refractivity contribution in [1.82, 2.24) is 0 Å². The van der Waals surface area contributed by atoms with Gasteiger partial charge in [-0.15, -0.1) is 0 Å². The molecule has 0 bridgehead atoms. The van der Waals surface area contributed by atoms with Crippen LogP contribution in [0.15, 0.2) is 18.2 Å². The fraction of sp³-hybridized carbons (Fsp3) is 0.500. The Morgan fingerprint density at radius 3 is 2.80 bits per heavy atom. The zero-order valence-corrected chi connectivity index (χ0v) is 9.73. The van der Waals surface area contributed by atoms with E-state index in [1.165, 1.54) is 6.07 Å². The number of hydrogen-bond acceptors (Lipinski definition) is 1. The molecule has 1 aromatic rings. The zero-order chi connectivity index (χ0) is 11.3. The Hall–Kier alpha value is -0.600. The van der Waals surface area contributed by atoms with Crippen LogP contribution in [0.1, 0.15) is 44.2 Å². The lowest BCUT2D eigenvalue weighted by Gasteiger charge is -2.12. The van der Waals surface area contributed by atoms with Gasteiger partial charge in [0, 0.05) is 16.6 Å². The van der Waals surface area contributed by atoms with E-state index in [0.717, 1.165) is 25.7 Å². The Labute approximate surface area is 95.4 Å². The highest BCUT2D eigenvalue weighted by atomic mass is 35.5. The van der Waals surface area contributed by atoms with Crippen molar-refractivity contribution >= 4 is 11.6 Å². The van der Waals surface area contributed by atoms with Crippen LogP contribution in [0.3, 0.4) is 0 Å². The molecule has 1 nitrogen and oxygen atoms in total. The Morgan fingerprint density at radius 1 is 1.40 bits per heavy atom. The fourth-order valence-corrected chi connectivity index (χ4v) is 1.75. The van der Waals surface area contributed by atoms with Crippen molar-refractivity contribution in [2.75, 3.05) is 0 Å². The van der Waals surface area contributed by atoms with Gasteiger partial charge in [0.05, 0.1) is 0 Å². The molecular weight excluding hydrogens is 213 g/mol. The second-order valence-electron chi connectivity index (χ2n) is 3.77. The summed E-state index contributed by atoms with van der Waals surface area (Å²) in [7, 11) is 0. The minimum Gasteiger partial charge on any atom is -0.324 e. The number of unbranched alkanes of at least 4 members (excludes halogenated alkanes) is 2. The molecule has 0 aliphatic heterocycles. The molecule has 2 N–H and O–H groups in total. The Morgan fingerprint density at radius 2 is 2.13 bits per heavy atom. The molecule has 0 saturated heterocycles. The molecular formula is C12H17ClFN. The van der Waals surface area contributed by atoms with Crippen LogP contribution in [0.4, 0.5) is 4.39 Å². The van der Waals surface area contributed by atoms with Gasteiger partial charge in [-0.05, 0) is 24.6 Å². The maximum atomic E-state index is 13.4. The van der Waals surface area contributed by atoms with Gasteiger partial charge in [0.15, 0.2) is 0 Å². The van der Waals surface area contributed by atoms with Gasteiger partial charge in [-0.3, -0.25) is 0 Å². The summed E-state index contributed by atoms with van der Waals surface area (Å²) in [6.45, 7) is 2.13. The lowest BCUT2D eigenvalue weighted by atomic mass is 10.0. The van der Waals surface area contributed by atoms with Crippen molar-refractivity contribution in [3.63, 3.8) is 0 Å². The molecule has 3 heteroatoms. The van der Waals surface area contributed by atoms with E-state index in [0.29, 0.717) is 10.6 Å². The van der Waals surface area contributed by atoms with Gasteiger partial charge in [-0.1, -0.05) is 37.8 Å². The molecule has 1 atom stereocenters. The van der Waals surface area contributed by atoms with Gasteiger partial charge in [-0.25, -0.2) is 4.39 Å². The third kappa shape index (κ3) is 3.80. The smallest absolute Gasteiger partial charge is 0.128 e. The van der Waals surface area contributed by atoms with Crippen molar-refractivity contribution in [2.24, 2.45) is 5.73 Å². The van der Waals surface area contributed by atoms with Gasteiger partial charge in [0.1, 0.15) is 5.82 Å². The first-order valence-electron chi connectivity index (χ1n) is 5.35. The first-order valence-corrected chi connectivity index (χ1v) is 5.73. The highest BCUT2D eigenvalue weighted by Gasteiger charge is 2.11. The average Bonchev–Trinajstić information content (AvgIpc) is 2.22. The summed E-state index contributed by atoms with van der Waals surface area (Å²) in [5.74, 6) is -0.261. The largest absolute Gasteiger partial charge is 0.324 e. The standard InChI is InChI=1S/C12H17ClFN/c1-2-3-4-5-12(15)10-8-9(13)6-7-11(10)14/h6-8,12H,2-5,15H2,1H3. The SMILES string of the molecule is CCCCCC(N)c1cc(Cl)ccc1F. The minimum atomic E-state index is -0.261. The molecule has 0 fully saturated rings. The summed E-state index contributed by atoms with van der Waals surface area (Å²) < 4.78 is 13.4. The van der Waals surface area contributed by atoms with Crippen LogP contribution in [-0.2, 0) is 0 Å². The van der Waals surface area contributed by atoms with Crippen LogP contribution in [-0.4, -0.2) is 0 Å². The predicted molar refractivity (Wildman–Crippen MR) is 62.5 cm³/mol. The summed E-state index contributed by atoms with van der Waals surface area (Å²) in [6, 6.07) is 4.29. The summed E-state index contributed by atoms with van der Waals surface area (Å²) in [4.78, 5) is 0. The first kappa shape index (κ1) is 12.5. The number of benzene rings is 1. The average molecular weight is 230 g/mol. The molecule has 0 aliphatic carbocycles. The van der Waals surface area contributed by atoms with Crippen LogP contribution in [0.2, 0.25) is 5.02 Å². The maximum Gasteiger partial charge on any atom is 0.128 e. The van der Waals surface area contributed by atoms with Crippen molar-refractivity contribution < 1.29 is 4.39 Å². The Kier molecular flexibility index (Phi) is 5.06. The summed E-state index contributed by atoms with van der Waals surface area (Å²) in [5.41, 5.74) is 6.43. The molecule has 0 radical (unpaired) electrons. The number of hydrogen-bond donors (Lipinski definition) is 1. The third-order valence-corrected chi connectivity index (χ3v) is 2.71. The van der Waals surface area contributed by atoms with Crippen LogP contribution >= 0.6 is 11.6 Å². The molecule has 0 aromatic heterocycles. The molecule has 1 aromatic carbocycles. The van der Waals surface area contributed by atoms with Gasteiger partial charge < -0.3 is 5.73 Å². The lowest BCUT2D eigenvalue weighted by Crippen LogP contribution is -2.12. The normalized spacial score (nSPS) is 12.8. The highest BCUT2D eigenvalue weighted by Crippen LogP contribution is 2.23. The fourth-order valence-electron chi connectivity index (χ4n) is 1.57. The van der Waals surface area contributed by atoms with Gasteiger partial charge >= 0.3 is 0 Å². The third-order valence-electron chi connectivity index (χ3n) is 2.48. The number of nitrogens with two attached hydrogens (primary N) is 1. The van der Waals surface area contributed by atoms with E-state index >= 15 is 0 Å². The minimum absolute atomic E-state index is 0.241. The van der Waals surface area contributed by atoms with Crippen molar-refractivity contribution in [2.45, 2.75) is 38.6 Å². The second kappa shape index (κ2) is 6.09. The predicted octanol–water partition coefficient (Wildman–Crippen LogP) is 4.06. The van der Waals surface area contributed by atoms with E-state index in [2.05, 4.69) is 6.92 Å². The number of halogens is 2. The van der Waals surface area contributed by atoms with Crippen molar-refractivity contribution in [1.29, 1.82) is 0 Å². The van der Waals surface area contributed by atoms with Gasteiger partial charge in [0.25, 0.3) is 0 Å². The Balaban J connectivity index is 2.64. The second-order valence-corrected chi connectivity index (χ2v) is 4.20. The van der Waals surface area contributed by atoms with E-state index in [9.17, 15) is 4.39 Å². The van der Waals surface area contributed by atoms with Crippen LogP contribution in [0, 0.1) is 5.82 Å². The van der Waals surface area contributed by atoms with E-state index in [-0.39, 0.29) is 11.9 Å². The summed E-state index contributed by atoms with van der Waals surface area (Å²) >= 11 is 5.80. The van der Waals surface area contributed by atoms with E-state index in [1.54, 1.807) is 12.1 Å². The monoisotopic (exact) mass is 229 g/mol. The molecule has 1 rings (SSSR count). The molecule has 0 saturated carbocycles. The topological polar surface area (TPSA) is 26.0 Å². The quantitative estimate of drug-likeness (QED) is 0.758. The zero-order valence-electron chi connectivity index (χ0n) is 8.97. The molecule has 1 unspecified atom stereocenters. The molecule has 0 heterocycles. The van der Waals surface area contributed by atoms with E-state index in [1.807, 2.05) is 0 Å². The van der Waals surface area contributed by atoms with Gasteiger partial charge in [0.2, 0.25) is 0 Å². The lowest BCUT2D eigenvalue weighted by molar-refractivity contribution is 0.539. The number of rotatable bonds is 5. The molecule has 0 spiro atoms. The summed E-state index contributed by atoms with van der Waals surface area (Å²) in [6.07, 6.45) is 4.12.